The maximum absolute atomic E-state index is 12.5. The van der Waals surface area contributed by atoms with Gasteiger partial charge in [-0.1, -0.05) is 106 Å². The molecule has 0 bridgehead atoms. The Labute approximate surface area is 261 Å². The van der Waals surface area contributed by atoms with Crippen LogP contribution in [0.15, 0.2) is 102 Å². The van der Waals surface area contributed by atoms with Crippen LogP contribution >= 0.6 is 0 Å². The number of ether oxygens (including phenoxy) is 3. The second kappa shape index (κ2) is 11.8. The maximum Gasteiger partial charge on any atom is 0.278 e. The smallest absolute Gasteiger partial charge is 0.278 e. The Morgan fingerprint density at radius 2 is 1.53 bits per heavy atom. The molecule has 2 N–H and O–H groups in total. The highest BCUT2D eigenvalue weighted by molar-refractivity contribution is 6.99. The Kier molecular flexibility index (Phi) is 7.76. The predicted molar refractivity (Wildman–Crippen MR) is 170 cm³/mol. The van der Waals surface area contributed by atoms with Gasteiger partial charge in [0.05, 0.1) is 25.9 Å². The molecule has 0 radical (unpaired) electrons. The molecule has 0 aliphatic carbocycles. The monoisotopic (exact) mass is 624 g/mol. The highest BCUT2D eigenvalue weighted by Crippen LogP contribution is 2.45. The number of nitrogens with one attached hydrogen (secondary N) is 1. The first-order chi connectivity index (χ1) is 21.8. The predicted octanol–water partition coefficient (Wildman–Crippen LogP) is 3.57. The lowest BCUT2D eigenvalue weighted by Crippen LogP contribution is -2.67. The quantitative estimate of drug-likeness (QED) is 0.252. The van der Waals surface area contributed by atoms with Gasteiger partial charge in [-0.05, 0) is 21.0 Å². The van der Waals surface area contributed by atoms with Crippen LogP contribution in [-0.4, -0.2) is 57.9 Å². The molecule has 11 heteroatoms. The summed E-state index contributed by atoms with van der Waals surface area (Å²) in [5.74, 6) is 0. The minimum Gasteiger partial charge on any atom is -0.405 e. The number of hydrogen-bond donors (Lipinski definition) is 2. The Hall–Kier alpha value is -3.97. The van der Waals surface area contributed by atoms with Gasteiger partial charge in [0.15, 0.2) is 23.7 Å². The fourth-order valence-electron chi connectivity index (χ4n) is 6.65. The zero-order chi connectivity index (χ0) is 31.2. The molecule has 5 atom stereocenters. The molecule has 0 amide bonds. The molecule has 2 saturated heterocycles. The number of fused-ring (bicyclic) bond motifs is 2. The first-order valence-corrected chi connectivity index (χ1v) is 17.0. The second-order valence-corrected chi connectivity index (χ2v) is 16.8. The number of aliphatic hydroxyl groups excluding tert-OH is 1. The summed E-state index contributed by atoms with van der Waals surface area (Å²) >= 11 is 0. The van der Waals surface area contributed by atoms with Crippen molar-refractivity contribution in [3.05, 3.63) is 119 Å². The number of aromatic nitrogens is 4. The van der Waals surface area contributed by atoms with Crippen molar-refractivity contribution in [3.8, 4) is 0 Å². The highest BCUT2D eigenvalue weighted by atomic mass is 28.4. The Bertz CT molecular complexity index is 1780. The van der Waals surface area contributed by atoms with Gasteiger partial charge in [0.25, 0.3) is 13.9 Å². The Balaban J connectivity index is 1.26. The standard InChI is InChI=1S/C34H36N4O6Si/c1-34(2,3)45(24-10-6-4-7-11-24,25-12-8-5-9-13-25)41-19-26-28-29(44-33(43-28)23-16-14-22(18-39)15-17-23)32(42-26)38-21-37-27-30(38)35-20-36-31(27)40/h4-17,20-21,26,28-29,32-33,39H,18-19H2,1-3H3,(H,35,36,40)/t26-,28-,29-,32-,33?/m1/s1. The molecule has 2 aliphatic rings. The summed E-state index contributed by atoms with van der Waals surface area (Å²) in [5, 5.41) is 11.6. The average molecular weight is 625 g/mol. The van der Waals surface area contributed by atoms with Gasteiger partial charge in [-0.2, -0.15) is 0 Å². The van der Waals surface area contributed by atoms with Crippen LogP contribution in [0, 0.1) is 0 Å². The van der Waals surface area contributed by atoms with E-state index in [-0.39, 0.29) is 29.3 Å². The molecule has 7 rings (SSSR count). The van der Waals surface area contributed by atoms with E-state index in [1.54, 1.807) is 10.9 Å². The third kappa shape index (κ3) is 5.15. The van der Waals surface area contributed by atoms with Gasteiger partial charge < -0.3 is 28.7 Å². The number of aliphatic hydroxyl groups is 1. The van der Waals surface area contributed by atoms with E-state index in [2.05, 4.69) is 84.3 Å². The number of H-pyrrole nitrogens is 1. The second-order valence-electron chi connectivity index (χ2n) is 12.5. The van der Waals surface area contributed by atoms with Crippen LogP contribution in [0.3, 0.4) is 0 Å². The molecule has 232 valence electrons. The topological polar surface area (TPSA) is 121 Å². The van der Waals surface area contributed by atoms with Crippen LogP contribution in [0.25, 0.3) is 11.2 Å². The fraction of sp³-hybridized carbons (Fsp3) is 0.324. The van der Waals surface area contributed by atoms with Crippen molar-refractivity contribution >= 4 is 29.9 Å². The summed E-state index contributed by atoms with van der Waals surface area (Å²) in [5.41, 5.74) is 1.92. The number of hydrogen-bond acceptors (Lipinski definition) is 8. The van der Waals surface area contributed by atoms with E-state index in [0.29, 0.717) is 5.65 Å². The van der Waals surface area contributed by atoms with Gasteiger partial charge in [-0.3, -0.25) is 9.36 Å². The summed E-state index contributed by atoms with van der Waals surface area (Å²) < 4.78 is 28.8. The maximum atomic E-state index is 12.5. The van der Waals surface area contributed by atoms with Crippen LogP contribution in [0.2, 0.25) is 5.04 Å². The van der Waals surface area contributed by atoms with Crippen molar-refractivity contribution in [2.75, 3.05) is 6.61 Å². The van der Waals surface area contributed by atoms with Crippen LogP contribution < -0.4 is 15.9 Å². The first kappa shape index (κ1) is 29.7. The average Bonchev–Trinajstić information content (AvgIpc) is 3.77. The molecule has 2 aromatic heterocycles. The van der Waals surface area contributed by atoms with Gasteiger partial charge in [0.2, 0.25) is 0 Å². The molecular weight excluding hydrogens is 588 g/mol. The van der Waals surface area contributed by atoms with Crippen LogP contribution in [0.1, 0.15) is 44.4 Å². The number of aromatic amines is 1. The van der Waals surface area contributed by atoms with Gasteiger partial charge in [0.1, 0.15) is 18.3 Å². The molecule has 4 heterocycles. The van der Waals surface area contributed by atoms with Gasteiger partial charge >= 0.3 is 0 Å². The summed E-state index contributed by atoms with van der Waals surface area (Å²) in [6.07, 6.45) is 0.101. The Morgan fingerprint density at radius 3 is 2.16 bits per heavy atom. The van der Waals surface area contributed by atoms with E-state index >= 15 is 0 Å². The number of imidazole rings is 1. The lowest BCUT2D eigenvalue weighted by atomic mass is 10.1. The van der Waals surface area contributed by atoms with E-state index in [1.807, 2.05) is 36.4 Å². The number of rotatable bonds is 8. The van der Waals surface area contributed by atoms with Crippen molar-refractivity contribution in [2.45, 2.75) is 63.2 Å². The van der Waals surface area contributed by atoms with Crippen molar-refractivity contribution in [1.82, 2.24) is 19.5 Å². The molecular formula is C34H36N4O6Si. The molecule has 10 nitrogen and oxygen atoms in total. The summed E-state index contributed by atoms with van der Waals surface area (Å²) in [4.78, 5) is 23.8. The van der Waals surface area contributed by atoms with Gasteiger partial charge in [-0.15, -0.1) is 0 Å². The van der Waals surface area contributed by atoms with Crippen LogP contribution in [0.5, 0.6) is 0 Å². The number of nitrogens with zero attached hydrogens (tertiary/aromatic N) is 3. The fourth-order valence-corrected chi connectivity index (χ4v) is 11.2. The van der Waals surface area contributed by atoms with E-state index in [1.165, 1.54) is 16.7 Å². The molecule has 2 aliphatic heterocycles. The van der Waals surface area contributed by atoms with E-state index in [0.717, 1.165) is 11.1 Å². The van der Waals surface area contributed by atoms with Crippen molar-refractivity contribution in [3.63, 3.8) is 0 Å². The zero-order valence-corrected chi connectivity index (χ0v) is 26.4. The third-order valence-electron chi connectivity index (χ3n) is 8.80. The molecule has 3 aromatic carbocycles. The summed E-state index contributed by atoms with van der Waals surface area (Å²) in [6.45, 7) is 6.92. The highest BCUT2D eigenvalue weighted by Gasteiger charge is 2.56. The minimum absolute atomic E-state index is 0.0463. The Morgan fingerprint density at radius 1 is 0.889 bits per heavy atom. The van der Waals surface area contributed by atoms with Crippen molar-refractivity contribution < 1.29 is 23.7 Å². The lowest BCUT2D eigenvalue weighted by molar-refractivity contribution is -0.152. The molecule has 2 fully saturated rings. The zero-order valence-electron chi connectivity index (χ0n) is 25.4. The molecule has 0 spiro atoms. The number of benzene rings is 3. The SMILES string of the molecule is CC(C)(C)[Si](OC[C@H]1O[C@@H](n2cnc3c(=O)[nH]cnc32)[C@@H]2OC(c3ccc(CO)cc3)O[C@@H]21)(c1ccccc1)c1ccccc1. The lowest BCUT2D eigenvalue weighted by Gasteiger charge is -2.43. The van der Waals surface area contributed by atoms with Gasteiger partial charge in [-0.25, -0.2) is 9.97 Å². The summed E-state index contributed by atoms with van der Waals surface area (Å²) in [6, 6.07) is 28.4. The summed E-state index contributed by atoms with van der Waals surface area (Å²) in [7, 11) is -2.87. The van der Waals surface area contributed by atoms with Crippen molar-refractivity contribution in [1.29, 1.82) is 0 Å². The minimum atomic E-state index is -2.87. The van der Waals surface area contributed by atoms with Gasteiger partial charge in [0, 0.05) is 5.56 Å². The van der Waals surface area contributed by atoms with Crippen LogP contribution in [-0.2, 0) is 25.2 Å². The van der Waals surface area contributed by atoms with Crippen LogP contribution in [0.4, 0.5) is 0 Å². The first-order valence-electron chi connectivity index (χ1n) is 15.1. The van der Waals surface area contributed by atoms with E-state index in [4.69, 9.17) is 18.6 Å². The van der Waals surface area contributed by atoms with E-state index in [9.17, 15) is 9.90 Å². The third-order valence-corrected chi connectivity index (χ3v) is 13.8. The normalized spacial score (nSPS) is 23.4. The van der Waals surface area contributed by atoms with E-state index < -0.39 is 39.1 Å². The van der Waals surface area contributed by atoms with Crippen molar-refractivity contribution in [2.24, 2.45) is 0 Å². The largest absolute Gasteiger partial charge is 0.405 e. The molecule has 45 heavy (non-hydrogen) atoms. The molecule has 0 saturated carbocycles. The molecule has 5 aromatic rings. The molecule has 1 unspecified atom stereocenters.